The number of carbonyl (C=O) groups is 2. The molecule has 6 heteroatoms. The standard InChI is InChI=1S/C22H27N3O3/c1-16(26)20(21(23)17-8-6-5-7-9-17)22(27)25(15-14-24(2)3)18-10-12-19(28-4)13-11-18/h5-13H,14-15,23H2,1-4H3/b21-20-. The summed E-state index contributed by atoms with van der Waals surface area (Å²) in [7, 11) is 5.44. The van der Waals surface area contributed by atoms with E-state index >= 15 is 0 Å². The van der Waals surface area contributed by atoms with Gasteiger partial charge >= 0.3 is 0 Å². The average Bonchev–Trinajstić information content (AvgIpc) is 2.69. The summed E-state index contributed by atoms with van der Waals surface area (Å²) < 4.78 is 5.19. The van der Waals surface area contributed by atoms with E-state index in [-0.39, 0.29) is 17.1 Å². The SMILES string of the molecule is COc1ccc(N(CCN(C)C)C(=O)/C(C(C)=O)=C(\N)c2ccccc2)cc1. The topological polar surface area (TPSA) is 75.9 Å². The Morgan fingerprint density at radius 1 is 0.964 bits per heavy atom. The lowest BCUT2D eigenvalue weighted by molar-refractivity contribution is -0.120. The molecule has 2 N–H and O–H groups in total. The van der Waals surface area contributed by atoms with Gasteiger partial charge in [-0.1, -0.05) is 30.3 Å². The van der Waals surface area contributed by atoms with Gasteiger partial charge in [0, 0.05) is 18.8 Å². The second kappa shape index (κ2) is 9.71. The van der Waals surface area contributed by atoms with E-state index < -0.39 is 5.91 Å². The van der Waals surface area contributed by atoms with Crippen molar-refractivity contribution >= 4 is 23.1 Å². The minimum Gasteiger partial charge on any atom is -0.497 e. The summed E-state index contributed by atoms with van der Waals surface area (Å²) in [5, 5.41) is 0. The molecule has 2 aromatic rings. The Morgan fingerprint density at radius 3 is 2.07 bits per heavy atom. The van der Waals surface area contributed by atoms with E-state index in [1.54, 1.807) is 48.4 Å². The van der Waals surface area contributed by atoms with Gasteiger partial charge in [-0.2, -0.15) is 0 Å². The van der Waals surface area contributed by atoms with Gasteiger partial charge in [0.2, 0.25) is 0 Å². The lowest BCUT2D eigenvalue weighted by Crippen LogP contribution is -2.39. The largest absolute Gasteiger partial charge is 0.497 e. The molecule has 0 aliphatic heterocycles. The molecule has 0 heterocycles. The molecule has 0 radical (unpaired) electrons. The maximum Gasteiger partial charge on any atom is 0.264 e. The van der Waals surface area contributed by atoms with Crippen molar-refractivity contribution in [3.8, 4) is 5.75 Å². The Balaban J connectivity index is 2.49. The minimum absolute atomic E-state index is 0.0132. The van der Waals surface area contributed by atoms with E-state index in [0.29, 0.717) is 30.1 Å². The summed E-state index contributed by atoms with van der Waals surface area (Å²) >= 11 is 0. The Labute approximate surface area is 166 Å². The summed E-state index contributed by atoms with van der Waals surface area (Å²) in [6, 6.07) is 16.2. The predicted octanol–water partition coefficient (Wildman–Crippen LogP) is 2.55. The number of hydrogen-bond acceptors (Lipinski definition) is 5. The number of benzene rings is 2. The summed E-state index contributed by atoms with van der Waals surface area (Å²) in [4.78, 5) is 29.3. The Kier molecular flexibility index (Phi) is 7.35. The Morgan fingerprint density at radius 2 is 1.57 bits per heavy atom. The van der Waals surface area contributed by atoms with Gasteiger partial charge in [0.05, 0.1) is 12.8 Å². The zero-order valence-electron chi connectivity index (χ0n) is 16.8. The van der Waals surface area contributed by atoms with Crippen molar-refractivity contribution in [2.45, 2.75) is 6.92 Å². The molecule has 0 fully saturated rings. The lowest BCUT2D eigenvalue weighted by Gasteiger charge is -2.26. The number of ketones is 1. The third-order valence-electron chi connectivity index (χ3n) is 4.32. The van der Waals surface area contributed by atoms with Crippen LogP contribution in [0, 0.1) is 0 Å². The van der Waals surface area contributed by atoms with Crippen molar-refractivity contribution in [1.82, 2.24) is 4.90 Å². The first-order valence-electron chi connectivity index (χ1n) is 9.02. The van der Waals surface area contributed by atoms with Crippen LogP contribution in [0.3, 0.4) is 0 Å². The number of nitrogens with zero attached hydrogens (tertiary/aromatic N) is 2. The highest BCUT2D eigenvalue weighted by atomic mass is 16.5. The number of Topliss-reactive ketones (excluding diaryl/α,β-unsaturated/α-hetero) is 1. The molecule has 28 heavy (non-hydrogen) atoms. The third kappa shape index (κ3) is 5.20. The molecule has 0 saturated heterocycles. The number of hydrogen-bond donors (Lipinski definition) is 1. The van der Waals surface area contributed by atoms with Crippen LogP contribution in [0.5, 0.6) is 5.75 Å². The molecule has 6 nitrogen and oxygen atoms in total. The first kappa shape index (κ1) is 21.2. The van der Waals surface area contributed by atoms with Crippen LogP contribution in [0.15, 0.2) is 60.2 Å². The molecule has 2 aromatic carbocycles. The fourth-order valence-electron chi connectivity index (χ4n) is 2.76. The smallest absolute Gasteiger partial charge is 0.264 e. The van der Waals surface area contributed by atoms with E-state index in [4.69, 9.17) is 10.5 Å². The van der Waals surface area contributed by atoms with E-state index in [1.807, 2.05) is 37.2 Å². The van der Waals surface area contributed by atoms with Gasteiger partial charge in [0.25, 0.3) is 5.91 Å². The molecule has 2 rings (SSSR count). The van der Waals surface area contributed by atoms with Crippen molar-refractivity contribution in [3.05, 3.63) is 65.7 Å². The zero-order chi connectivity index (χ0) is 20.7. The lowest BCUT2D eigenvalue weighted by atomic mass is 10.0. The molecule has 1 amide bonds. The van der Waals surface area contributed by atoms with Gasteiger partial charge in [-0.05, 0) is 50.8 Å². The first-order chi connectivity index (χ1) is 13.3. The summed E-state index contributed by atoms with van der Waals surface area (Å²) in [5.74, 6) is -0.0921. The van der Waals surface area contributed by atoms with Crippen LogP contribution in [0.2, 0.25) is 0 Å². The minimum atomic E-state index is -0.416. The highest BCUT2D eigenvalue weighted by Crippen LogP contribution is 2.23. The van der Waals surface area contributed by atoms with Crippen LogP contribution in [-0.2, 0) is 9.59 Å². The maximum absolute atomic E-state index is 13.4. The van der Waals surface area contributed by atoms with Crippen LogP contribution in [0.1, 0.15) is 12.5 Å². The van der Waals surface area contributed by atoms with Crippen molar-refractivity contribution in [2.24, 2.45) is 5.73 Å². The van der Waals surface area contributed by atoms with E-state index in [9.17, 15) is 9.59 Å². The maximum atomic E-state index is 13.4. The van der Waals surface area contributed by atoms with E-state index in [1.165, 1.54) is 6.92 Å². The molecule has 148 valence electrons. The molecule has 0 aromatic heterocycles. The van der Waals surface area contributed by atoms with Gasteiger partial charge in [-0.25, -0.2) is 0 Å². The second-order valence-electron chi connectivity index (χ2n) is 6.67. The van der Waals surface area contributed by atoms with Gasteiger partial charge < -0.3 is 20.3 Å². The Hall–Kier alpha value is -3.12. The number of anilines is 1. The van der Waals surface area contributed by atoms with Crippen LogP contribution in [-0.4, -0.2) is 50.9 Å². The molecular weight excluding hydrogens is 354 g/mol. The van der Waals surface area contributed by atoms with Crippen LogP contribution in [0.25, 0.3) is 5.70 Å². The van der Waals surface area contributed by atoms with E-state index in [0.717, 1.165) is 0 Å². The van der Waals surface area contributed by atoms with Gasteiger partial charge in [0.15, 0.2) is 5.78 Å². The van der Waals surface area contributed by atoms with Crippen molar-refractivity contribution in [3.63, 3.8) is 0 Å². The summed E-state index contributed by atoms with van der Waals surface area (Å²) in [5.41, 5.74) is 7.72. The number of amides is 1. The number of methoxy groups -OCH3 is 1. The van der Waals surface area contributed by atoms with Gasteiger partial charge in [-0.15, -0.1) is 0 Å². The van der Waals surface area contributed by atoms with Gasteiger partial charge in [-0.3, -0.25) is 9.59 Å². The fourth-order valence-corrected chi connectivity index (χ4v) is 2.76. The number of nitrogens with two attached hydrogens (primary N) is 1. The molecule has 0 aliphatic rings. The number of likely N-dealkylation sites (N-methyl/N-ethyl adjacent to an activating group) is 1. The van der Waals surface area contributed by atoms with Gasteiger partial charge in [0.1, 0.15) is 11.3 Å². The molecule has 0 atom stereocenters. The van der Waals surface area contributed by atoms with Crippen LogP contribution in [0.4, 0.5) is 5.69 Å². The van der Waals surface area contributed by atoms with Crippen molar-refractivity contribution in [2.75, 3.05) is 39.2 Å². The molecule has 0 aliphatic carbocycles. The molecule has 0 spiro atoms. The van der Waals surface area contributed by atoms with E-state index in [2.05, 4.69) is 0 Å². The predicted molar refractivity (Wildman–Crippen MR) is 112 cm³/mol. The highest BCUT2D eigenvalue weighted by Gasteiger charge is 2.26. The average molecular weight is 381 g/mol. The molecular formula is C22H27N3O3. The van der Waals surface area contributed by atoms with Crippen LogP contribution >= 0.6 is 0 Å². The molecule has 0 unspecified atom stereocenters. The highest BCUT2D eigenvalue weighted by molar-refractivity contribution is 6.27. The Bertz CT molecular complexity index is 843. The quantitative estimate of drug-likeness (QED) is 0.432. The molecule has 0 saturated carbocycles. The second-order valence-corrected chi connectivity index (χ2v) is 6.67. The monoisotopic (exact) mass is 381 g/mol. The first-order valence-corrected chi connectivity index (χ1v) is 9.02. The number of carbonyl (C=O) groups excluding carboxylic acids is 2. The third-order valence-corrected chi connectivity index (χ3v) is 4.32. The molecule has 0 bridgehead atoms. The van der Waals surface area contributed by atoms with Crippen LogP contribution < -0.4 is 15.4 Å². The number of ether oxygens (including phenoxy) is 1. The fraction of sp³-hybridized carbons (Fsp3) is 0.273. The normalized spacial score (nSPS) is 11.8. The summed E-state index contributed by atoms with van der Waals surface area (Å²) in [6.07, 6.45) is 0. The van der Waals surface area contributed by atoms with Crippen molar-refractivity contribution < 1.29 is 14.3 Å². The number of rotatable bonds is 8. The summed E-state index contributed by atoms with van der Waals surface area (Å²) in [6.45, 7) is 2.41. The zero-order valence-corrected chi connectivity index (χ0v) is 16.8. The van der Waals surface area contributed by atoms with Crippen molar-refractivity contribution in [1.29, 1.82) is 0 Å².